The number of hydrogen-bond donors (Lipinski definition) is 3. The first-order valence-electron chi connectivity index (χ1n) is 6.71. The molecule has 0 saturated heterocycles. The first-order valence-corrected chi connectivity index (χ1v) is 6.71. The molecule has 3 heteroatoms. The molecule has 0 aliphatic rings. The van der Waals surface area contributed by atoms with Crippen molar-refractivity contribution in [2.75, 3.05) is 13.2 Å². The van der Waals surface area contributed by atoms with Crippen LogP contribution in [-0.4, -0.2) is 29.4 Å². The Hall–Kier alpha value is -0.900. The fourth-order valence-corrected chi connectivity index (χ4v) is 2.10. The third-order valence-corrected chi connectivity index (χ3v) is 3.28. The minimum atomic E-state index is -0.539. The Bertz CT molecular complexity index is 335. The highest BCUT2D eigenvalue weighted by atomic mass is 16.3. The lowest BCUT2D eigenvalue weighted by molar-refractivity contribution is 0.102. The van der Waals surface area contributed by atoms with Crippen LogP contribution in [0.2, 0.25) is 0 Å². The van der Waals surface area contributed by atoms with Crippen molar-refractivity contribution in [2.24, 2.45) is 5.92 Å². The number of aliphatic hydroxyl groups is 2. The van der Waals surface area contributed by atoms with Gasteiger partial charge >= 0.3 is 0 Å². The minimum Gasteiger partial charge on any atom is -0.395 e. The fourth-order valence-electron chi connectivity index (χ4n) is 2.10. The van der Waals surface area contributed by atoms with Crippen molar-refractivity contribution in [3.8, 4) is 0 Å². The van der Waals surface area contributed by atoms with Crippen molar-refractivity contribution in [3.05, 3.63) is 35.4 Å². The van der Waals surface area contributed by atoms with Crippen LogP contribution < -0.4 is 5.32 Å². The molecule has 0 aliphatic heterocycles. The maximum atomic E-state index is 10.4. The molecule has 0 saturated carbocycles. The lowest BCUT2D eigenvalue weighted by Crippen LogP contribution is -2.40. The summed E-state index contributed by atoms with van der Waals surface area (Å²) in [5, 5.41) is 22.5. The predicted molar refractivity (Wildman–Crippen MR) is 74.5 cm³/mol. The third-order valence-electron chi connectivity index (χ3n) is 3.28. The van der Waals surface area contributed by atoms with E-state index < -0.39 is 6.10 Å². The summed E-state index contributed by atoms with van der Waals surface area (Å²) in [7, 11) is 0. The first kappa shape index (κ1) is 15.2. The van der Waals surface area contributed by atoms with Crippen molar-refractivity contribution in [1.29, 1.82) is 0 Å². The summed E-state index contributed by atoms with van der Waals surface area (Å²) >= 11 is 0. The van der Waals surface area contributed by atoms with E-state index in [1.807, 2.05) is 12.1 Å². The van der Waals surface area contributed by atoms with Gasteiger partial charge in [-0.3, -0.25) is 0 Å². The van der Waals surface area contributed by atoms with Crippen LogP contribution in [0.25, 0.3) is 0 Å². The van der Waals surface area contributed by atoms with Crippen molar-refractivity contribution in [1.82, 2.24) is 5.32 Å². The molecule has 18 heavy (non-hydrogen) atoms. The van der Waals surface area contributed by atoms with Crippen LogP contribution in [0.3, 0.4) is 0 Å². The molecule has 1 rings (SSSR count). The van der Waals surface area contributed by atoms with Gasteiger partial charge in [-0.15, -0.1) is 0 Å². The van der Waals surface area contributed by atoms with Crippen LogP contribution >= 0.6 is 0 Å². The molecule has 2 unspecified atom stereocenters. The lowest BCUT2D eigenvalue weighted by atomic mass is 9.92. The molecule has 102 valence electrons. The zero-order valence-electron chi connectivity index (χ0n) is 11.6. The van der Waals surface area contributed by atoms with E-state index in [2.05, 4.69) is 38.2 Å². The summed E-state index contributed by atoms with van der Waals surface area (Å²) in [6.07, 6.45) is 0.467. The van der Waals surface area contributed by atoms with Gasteiger partial charge in [0.2, 0.25) is 0 Å². The Morgan fingerprint density at radius 3 is 2.22 bits per heavy atom. The van der Waals surface area contributed by atoms with Crippen LogP contribution in [0.5, 0.6) is 0 Å². The van der Waals surface area contributed by atoms with Gasteiger partial charge in [-0.1, -0.05) is 45.0 Å². The van der Waals surface area contributed by atoms with Crippen molar-refractivity contribution >= 4 is 0 Å². The summed E-state index contributed by atoms with van der Waals surface area (Å²) in [5.74, 6) is 0.303. The smallest absolute Gasteiger partial charge is 0.0945 e. The summed E-state index contributed by atoms with van der Waals surface area (Å²) in [6, 6.07) is 8.05. The topological polar surface area (TPSA) is 52.5 Å². The third kappa shape index (κ3) is 4.09. The van der Waals surface area contributed by atoms with Gasteiger partial charge in [0, 0.05) is 12.6 Å². The van der Waals surface area contributed by atoms with E-state index in [-0.39, 0.29) is 12.6 Å². The molecular formula is C15H25NO2. The van der Waals surface area contributed by atoms with Crippen LogP contribution in [-0.2, 0) is 6.42 Å². The van der Waals surface area contributed by atoms with Gasteiger partial charge < -0.3 is 15.5 Å². The highest BCUT2D eigenvalue weighted by Gasteiger charge is 2.23. The second-order valence-electron chi connectivity index (χ2n) is 4.99. The molecule has 0 spiro atoms. The van der Waals surface area contributed by atoms with Crippen LogP contribution in [0.1, 0.15) is 38.0 Å². The molecule has 1 aromatic rings. The van der Waals surface area contributed by atoms with Gasteiger partial charge in [0.25, 0.3) is 0 Å². The largest absolute Gasteiger partial charge is 0.395 e. The van der Waals surface area contributed by atoms with Gasteiger partial charge in [-0.2, -0.15) is 0 Å². The molecule has 0 amide bonds. The molecule has 0 radical (unpaired) electrons. The Morgan fingerprint density at radius 1 is 1.17 bits per heavy atom. The zero-order chi connectivity index (χ0) is 13.5. The van der Waals surface area contributed by atoms with E-state index >= 15 is 0 Å². The van der Waals surface area contributed by atoms with E-state index in [1.165, 1.54) is 5.56 Å². The predicted octanol–water partition coefficient (Wildman–Crippen LogP) is 1.89. The number of hydrogen-bond acceptors (Lipinski definition) is 3. The van der Waals surface area contributed by atoms with Crippen molar-refractivity contribution in [2.45, 2.75) is 39.3 Å². The van der Waals surface area contributed by atoms with Gasteiger partial charge in [0.05, 0.1) is 12.7 Å². The molecule has 1 aromatic carbocycles. The highest BCUT2D eigenvalue weighted by Crippen LogP contribution is 2.22. The van der Waals surface area contributed by atoms with Gasteiger partial charge in [0.15, 0.2) is 0 Å². The quantitative estimate of drug-likeness (QED) is 0.693. The standard InChI is InChI=1S/C15H25NO2/c1-4-12-5-7-13(8-6-12)15(18)14(11(2)3)16-9-10-17/h5-8,11,14-18H,4,9-10H2,1-3H3. The Morgan fingerprint density at radius 2 is 1.78 bits per heavy atom. The number of nitrogens with one attached hydrogen (secondary N) is 1. The number of aliphatic hydroxyl groups excluding tert-OH is 2. The summed E-state index contributed by atoms with van der Waals surface area (Å²) in [5.41, 5.74) is 2.20. The lowest BCUT2D eigenvalue weighted by Gasteiger charge is -2.27. The van der Waals surface area contributed by atoms with E-state index in [0.717, 1.165) is 12.0 Å². The summed E-state index contributed by atoms with van der Waals surface area (Å²) < 4.78 is 0. The first-order chi connectivity index (χ1) is 8.60. The van der Waals surface area contributed by atoms with E-state index in [1.54, 1.807) is 0 Å². The van der Waals surface area contributed by atoms with E-state index in [4.69, 9.17) is 5.11 Å². The number of rotatable bonds is 7. The van der Waals surface area contributed by atoms with Crippen molar-refractivity contribution < 1.29 is 10.2 Å². The molecule has 0 heterocycles. The molecular weight excluding hydrogens is 226 g/mol. The summed E-state index contributed by atoms with van der Waals surface area (Å²) in [6.45, 7) is 6.85. The van der Waals surface area contributed by atoms with E-state index in [0.29, 0.717) is 12.5 Å². The Kier molecular flexibility index (Phi) is 6.33. The number of aryl methyl sites for hydroxylation is 1. The van der Waals surface area contributed by atoms with E-state index in [9.17, 15) is 5.11 Å². The normalized spacial score (nSPS) is 14.8. The molecule has 0 bridgehead atoms. The van der Waals surface area contributed by atoms with Crippen molar-refractivity contribution in [3.63, 3.8) is 0 Å². The average molecular weight is 251 g/mol. The van der Waals surface area contributed by atoms with Crippen LogP contribution in [0.4, 0.5) is 0 Å². The molecule has 3 nitrogen and oxygen atoms in total. The average Bonchev–Trinajstić information content (AvgIpc) is 2.38. The second kappa shape index (κ2) is 7.52. The maximum Gasteiger partial charge on any atom is 0.0945 e. The molecule has 2 atom stereocenters. The summed E-state index contributed by atoms with van der Waals surface area (Å²) in [4.78, 5) is 0. The zero-order valence-corrected chi connectivity index (χ0v) is 11.6. The number of benzene rings is 1. The molecule has 0 fully saturated rings. The molecule has 0 aromatic heterocycles. The fraction of sp³-hybridized carbons (Fsp3) is 0.600. The van der Waals surface area contributed by atoms with Crippen LogP contribution in [0, 0.1) is 5.92 Å². The van der Waals surface area contributed by atoms with Gasteiger partial charge in [-0.25, -0.2) is 0 Å². The molecule has 0 aliphatic carbocycles. The maximum absolute atomic E-state index is 10.4. The van der Waals surface area contributed by atoms with Gasteiger partial charge in [-0.05, 0) is 23.5 Å². The van der Waals surface area contributed by atoms with Crippen LogP contribution in [0.15, 0.2) is 24.3 Å². The van der Waals surface area contributed by atoms with Gasteiger partial charge in [0.1, 0.15) is 0 Å². The highest BCUT2D eigenvalue weighted by molar-refractivity contribution is 5.25. The second-order valence-corrected chi connectivity index (χ2v) is 4.99. The minimum absolute atomic E-state index is 0.0374. The Balaban J connectivity index is 2.77. The monoisotopic (exact) mass is 251 g/mol. The molecule has 3 N–H and O–H groups in total. The SMILES string of the molecule is CCc1ccc(C(O)C(NCCO)C(C)C)cc1. The Labute approximate surface area is 110 Å².